The topological polar surface area (TPSA) is 72.6 Å². The van der Waals surface area contributed by atoms with Gasteiger partial charge in [-0.25, -0.2) is 4.79 Å². The average Bonchev–Trinajstić information content (AvgIpc) is 3.05. The molecule has 4 rings (SSSR count). The van der Waals surface area contributed by atoms with Gasteiger partial charge in [-0.3, -0.25) is 9.69 Å². The molecule has 5 nitrogen and oxygen atoms in total. The van der Waals surface area contributed by atoms with Gasteiger partial charge in [-0.1, -0.05) is 48.5 Å². The van der Waals surface area contributed by atoms with Gasteiger partial charge in [0.2, 0.25) is 0 Å². The molecule has 2 N–H and O–H groups in total. The molecule has 2 heterocycles. The number of nitrogens with two attached hydrogens (primary N) is 1. The molecule has 2 unspecified atom stereocenters. The molecule has 0 spiro atoms. The number of nitrogens with zero attached hydrogens (tertiary/aromatic N) is 1. The lowest BCUT2D eigenvalue weighted by Crippen LogP contribution is -2.45. The smallest absolute Gasteiger partial charge is 0.406 e. The lowest BCUT2D eigenvalue weighted by Gasteiger charge is -2.34. The Morgan fingerprint density at radius 2 is 1.87 bits per heavy atom. The third-order valence-corrected chi connectivity index (χ3v) is 5.74. The van der Waals surface area contributed by atoms with E-state index in [1.807, 2.05) is 54.6 Å². The van der Waals surface area contributed by atoms with Gasteiger partial charge < -0.3 is 10.5 Å². The van der Waals surface area contributed by atoms with Gasteiger partial charge in [0.05, 0.1) is 5.75 Å². The molecule has 2 atom stereocenters. The van der Waals surface area contributed by atoms with Crippen molar-refractivity contribution < 1.29 is 14.3 Å². The number of ether oxygens (including phenoxy) is 1. The fraction of sp³-hybridized carbons (Fsp3) is 0.176. The number of benzene rings is 2. The van der Waals surface area contributed by atoms with Gasteiger partial charge in [0.25, 0.3) is 5.91 Å². The van der Waals surface area contributed by atoms with Gasteiger partial charge in [-0.05, 0) is 11.6 Å². The SMILES string of the molecule is NC(=O)OC1CSC2(c3ccccc3)c3ccccc3C(=O)N12. The number of amides is 2. The Morgan fingerprint density at radius 1 is 1.17 bits per heavy atom. The average molecular weight is 326 g/mol. The largest absolute Gasteiger partial charge is 0.425 e. The predicted octanol–water partition coefficient (Wildman–Crippen LogP) is 2.51. The van der Waals surface area contributed by atoms with Crippen LogP contribution in [0, 0.1) is 0 Å². The highest BCUT2D eigenvalue weighted by Gasteiger charge is 2.59. The molecule has 1 fully saturated rings. The van der Waals surface area contributed by atoms with Crippen LogP contribution in [0.25, 0.3) is 0 Å². The quantitative estimate of drug-likeness (QED) is 0.920. The summed E-state index contributed by atoms with van der Waals surface area (Å²) < 4.78 is 5.20. The minimum Gasteiger partial charge on any atom is -0.425 e. The minimum atomic E-state index is -0.872. The van der Waals surface area contributed by atoms with Crippen LogP contribution in [0.2, 0.25) is 0 Å². The van der Waals surface area contributed by atoms with Crippen molar-refractivity contribution in [1.29, 1.82) is 0 Å². The zero-order chi connectivity index (χ0) is 16.0. The zero-order valence-electron chi connectivity index (χ0n) is 12.1. The maximum Gasteiger partial charge on any atom is 0.406 e. The summed E-state index contributed by atoms with van der Waals surface area (Å²) in [5.74, 6) is 0.346. The van der Waals surface area contributed by atoms with Crippen molar-refractivity contribution in [1.82, 2.24) is 4.90 Å². The van der Waals surface area contributed by atoms with Gasteiger partial charge in [0, 0.05) is 11.1 Å². The molecule has 0 aromatic heterocycles. The van der Waals surface area contributed by atoms with Gasteiger partial charge >= 0.3 is 6.09 Å². The summed E-state index contributed by atoms with van der Waals surface area (Å²) in [5.41, 5.74) is 7.73. The normalized spacial score (nSPS) is 25.1. The number of hydrogen-bond acceptors (Lipinski definition) is 4. The van der Waals surface area contributed by atoms with E-state index in [0.717, 1.165) is 11.1 Å². The molecule has 1 saturated heterocycles. The third-order valence-electron chi connectivity index (χ3n) is 4.22. The van der Waals surface area contributed by atoms with E-state index in [-0.39, 0.29) is 5.91 Å². The fourth-order valence-corrected chi connectivity index (χ4v) is 4.95. The van der Waals surface area contributed by atoms with E-state index in [1.165, 1.54) is 0 Å². The van der Waals surface area contributed by atoms with Crippen molar-refractivity contribution in [2.24, 2.45) is 5.73 Å². The van der Waals surface area contributed by atoms with E-state index in [4.69, 9.17) is 10.5 Å². The molecule has 116 valence electrons. The van der Waals surface area contributed by atoms with Gasteiger partial charge in [-0.15, -0.1) is 11.8 Å². The van der Waals surface area contributed by atoms with Crippen LogP contribution in [0.5, 0.6) is 0 Å². The standard InChI is InChI=1S/C17H14N2O3S/c18-16(21)22-14-10-23-17(11-6-2-1-3-7-11)13-9-5-4-8-12(13)15(20)19(14)17/h1-9,14H,10H2,(H2,18,21). The Morgan fingerprint density at radius 3 is 2.61 bits per heavy atom. The molecule has 2 amide bonds. The van der Waals surface area contributed by atoms with Crippen molar-refractivity contribution in [2.45, 2.75) is 11.1 Å². The van der Waals surface area contributed by atoms with E-state index in [1.54, 1.807) is 16.7 Å². The summed E-state index contributed by atoms with van der Waals surface area (Å²) >= 11 is 1.58. The first-order valence-corrected chi connectivity index (χ1v) is 8.22. The highest BCUT2D eigenvalue weighted by molar-refractivity contribution is 8.00. The van der Waals surface area contributed by atoms with E-state index in [0.29, 0.717) is 11.3 Å². The number of carbonyl (C=O) groups excluding carboxylic acids is 2. The van der Waals surface area contributed by atoms with Crippen molar-refractivity contribution in [3.05, 3.63) is 71.3 Å². The first kappa shape index (κ1) is 14.1. The molecule has 0 bridgehead atoms. The molecule has 2 aliphatic heterocycles. The Bertz CT molecular complexity index is 795. The molecule has 0 aliphatic carbocycles. The van der Waals surface area contributed by atoms with Crippen LogP contribution in [0.1, 0.15) is 21.5 Å². The number of hydrogen-bond donors (Lipinski definition) is 1. The van der Waals surface area contributed by atoms with Crippen LogP contribution in [0.4, 0.5) is 4.79 Å². The zero-order valence-corrected chi connectivity index (χ0v) is 13.0. The molecule has 6 heteroatoms. The summed E-state index contributed by atoms with van der Waals surface area (Å²) in [4.78, 5) is 25.1. The first-order valence-electron chi connectivity index (χ1n) is 7.23. The number of primary amides is 1. The second-order valence-corrected chi connectivity index (χ2v) is 6.65. The summed E-state index contributed by atoms with van der Waals surface area (Å²) in [7, 11) is 0. The van der Waals surface area contributed by atoms with E-state index >= 15 is 0 Å². The second kappa shape index (κ2) is 5.03. The molecular weight excluding hydrogens is 312 g/mol. The van der Waals surface area contributed by atoms with Crippen LogP contribution in [0.3, 0.4) is 0 Å². The van der Waals surface area contributed by atoms with E-state index in [2.05, 4.69) is 0 Å². The summed E-state index contributed by atoms with van der Waals surface area (Å²) in [6, 6.07) is 17.3. The lowest BCUT2D eigenvalue weighted by molar-refractivity contribution is 0.00442. The van der Waals surface area contributed by atoms with E-state index in [9.17, 15) is 9.59 Å². The van der Waals surface area contributed by atoms with Gasteiger partial charge in [0.1, 0.15) is 4.87 Å². The number of rotatable bonds is 2. The summed E-state index contributed by atoms with van der Waals surface area (Å²) in [5, 5.41) is 0. The molecular formula is C17H14N2O3S. The Balaban J connectivity index is 1.92. The molecule has 23 heavy (non-hydrogen) atoms. The van der Waals surface area contributed by atoms with E-state index < -0.39 is 17.2 Å². The second-order valence-electron chi connectivity index (χ2n) is 5.43. The van der Waals surface area contributed by atoms with Crippen LogP contribution < -0.4 is 5.73 Å². The molecule has 2 aromatic carbocycles. The third kappa shape index (κ3) is 1.88. The Kier molecular flexibility index (Phi) is 3.09. The van der Waals surface area contributed by atoms with Crippen LogP contribution in [0.15, 0.2) is 54.6 Å². The van der Waals surface area contributed by atoms with Crippen molar-refractivity contribution in [3.63, 3.8) is 0 Å². The van der Waals surface area contributed by atoms with Crippen LogP contribution in [-0.2, 0) is 9.61 Å². The summed E-state index contributed by atoms with van der Waals surface area (Å²) in [6.07, 6.45) is -1.54. The fourth-order valence-electron chi connectivity index (χ4n) is 3.38. The van der Waals surface area contributed by atoms with Crippen LogP contribution in [-0.4, -0.2) is 28.9 Å². The predicted molar refractivity (Wildman–Crippen MR) is 86.7 cm³/mol. The van der Waals surface area contributed by atoms with Gasteiger partial charge in [0.15, 0.2) is 6.23 Å². The van der Waals surface area contributed by atoms with Crippen molar-refractivity contribution in [3.8, 4) is 0 Å². The molecule has 2 aliphatic rings. The molecule has 2 aromatic rings. The Hall–Kier alpha value is -2.47. The molecule has 0 radical (unpaired) electrons. The number of thioether (sulfide) groups is 1. The lowest BCUT2D eigenvalue weighted by atomic mass is 9.97. The monoisotopic (exact) mass is 326 g/mol. The summed E-state index contributed by atoms with van der Waals surface area (Å²) in [6.45, 7) is 0. The van der Waals surface area contributed by atoms with Crippen LogP contribution >= 0.6 is 11.8 Å². The Labute approximate surface area is 137 Å². The highest BCUT2D eigenvalue weighted by atomic mass is 32.2. The first-order chi connectivity index (χ1) is 11.1. The number of fused-ring (bicyclic) bond motifs is 3. The maximum absolute atomic E-state index is 12.9. The van der Waals surface area contributed by atoms with Gasteiger partial charge in [-0.2, -0.15) is 0 Å². The molecule has 0 saturated carbocycles. The van der Waals surface area contributed by atoms with Crippen molar-refractivity contribution >= 4 is 23.8 Å². The minimum absolute atomic E-state index is 0.138. The van der Waals surface area contributed by atoms with Crippen molar-refractivity contribution in [2.75, 3.05) is 5.75 Å². The highest BCUT2D eigenvalue weighted by Crippen LogP contribution is 2.57. The number of carbonyl (C=O) groups is 2. The maximum atomic E-state index is 12.9.